The highest BCUT2D eigenvalue weighted by Gasteiger charge is 2.18. The van der Waals surface area contributed by atoms with Gasteiger partial charge in [0.15, 0.2) is 6.10 Å². The number of hydrogen-bond acceptors (Lipinski definition) is 4. The first-order valence-corrected chi connectivity index (χ1v) is 9.62. The highest BCUT2D eigenvalue weighted by atomic mass is 19.1. The average Bonchev–Trinajstić information content (AvgIpc) is 2.79. The second-order valence-electron chi connectivity index (χ2n) is 6.75. The van der Waals surface area contributed by atoms with Gasteiger partial charge in [-0.05, 0) is 54.4 Å². The van der Waals surface area contributed by atoms with Gasteiger partial charge in [0, 0.05) is 11.3 Å². The van der Waals surface area contributed by atoms with Crippen molar-refractivity contribution in [2.45, 2.75) is 13.0 Å². The minimum Gasteiger partial charge on any atom is -0.451 e. The van der Waals surface area contributed by atoms with E-state index in [1.165, 1.54) is 31.2 Å². The number of ether oxygens (including phenoxy) is 1. The second-order valence-corrected chi connectivity index (χ2v) is 6.75. The van der Waals surface area contributed by atoms with Crippen LogP contribution in [-0.2, 0) is 14.3 Å². The van der Waals surface area contributed by atoms with Gasteiger partial charge >= 0.3 is 5.97 Å². The Balaban J connectivity index is 1.46. The molecule has 3 aromatic rings. The molecule has 0 aliphatic carbocycles. The van der Waals surface area contributed by atoms with Crippen molar-refractivity contribution in [1.29, 1.82) is 0 Å². The predicted molar refractivity (Wildman–Crippen MR) is 115 cm³/mol. The van der Waals surface area contributed by atoms with Gasteiger partial charge in [0.05, 0.1) is 0 Å². The fourth-order valence-corrected chi connectivity index (χ4v) is 2.77. The molecule has 31 heavy (non-hydrogen) atoms. The van der Waals surface area contributed by atoms with Gasteiger partial charge in [-0.1, -0.05) is 42.5 Å². The number of carbonyl (C=O) groups is 3. The molecule has 0 aliphatic heterocycles. The average molecular weight is 420 g/mol. The Labute approximate surface area is 179 Å². The summed E-state index contributed by atoms with van der Waals surface area (Å²) in [5.41, 5.74) is 2.78. The van der Waals surface area contributed by atoms with E-state index >= 15 is 0 Å². The molecule has 7 heteroatoms. The summed E-state index contributed by atoms with van der Waals surface area (Å²) >= 11 is 0. The van der Waals surface area contributed by atoms with E-state index in [1.54, 1.807) is 12.1 Å². The molecule has 6 nitrogen and oxygen atoms in total. The Morgan fingerprint density at radius 2 is 1.48 bits per heavy atom. The van der Waals surface area contributed by atoms with Crippen molar-refractivity contribution >= 4 is 23.5 Å². The van der Waals surface area contributed by atoms with Gasteiger partial charge in [0.2, 0.25) is 0 Å². The van der Waals surface area contributed by atoms with Crippen LogP contribution in [0.15, 0.2) is 78.9 Å². The third-order valence-electron chi connectivity index (χ3n) is 4.44. The smallest absolute Gasteiger partial charge is 0.326 e. The maximum absolute atomic E-state index is 12.9. The van der Waals surface area contributed by atoms with E-state index < -0.39 is 29.7 Å². The first kappa shape index (κ1) is 21.7. The number of rotatable bonds is 7. The summed E-state index contributed by atoms with van der Waals surface area (Å²) in [5.74, 6) is -2.18. The summed E-state index contributed by atoms with van der Waals surface area (Å²) in [4.78, 5) is 36.3. The first-order chi connectivity index (χ1) is 14.9. The Morgan fingerprint density at radius 3 is 2.13 bits per heavy atom. The third-order valence-corrected chi connectivity index (χ3v) is 4.44. The van der Waals surface area contributed by atoms with Crippen LogP contribution in [0.1, 0.15) is 17.3 Å². The van der Waals surface area contributed by atoms with Crippen LogP contribution in [0, 0.1) is 5.82 Å². The van der Waals surface area contributed by atoms with Crippen LogP contribution in [-0.4, -0.2) is 30.4 Å². The fraction of sp³-hybridized carbons (Fsp3) is 0.125. The number of nitrogens with one attached hydrogen (secondary N) is 2. The van der Waals surface area contributed by atoms with Crippen molar-refractivity contribution in [2.75, 3.05) is 11.9 Å². The summed E-state index contributed by atoms with van der Waals surface area (Å²) in [7, 11) is 0. The molecule has 1 atom stereocenters. The summed E-state index contributed by atoms with van der Waals surface area (Å²) < 4.78 is 17.9. The van der Waals surface area contributed by atoms with Crippen LogP contribution in [0.3, 0.4) is 0 Å². The monoisotopic (exact) mass is 420 g/mol. The minimum absolute atomic E-state index is 0.376. The lowest BCUT2D eigenvalue weighted by molar-refractivity contribution is -0.152. The van der Waals surface area contributed by atoms with Crippen LogP contribution in [0.5, 0.6) is 0 Å². The van der Waals surface area contributed by atoms with Gasteiger partial charge in [-0.2, -0.15) is 0 Å². The molecule has 2 amide bonds. The Hall–Kier alpha value is -4.00. The van der Waals surface area contributed by atoms with E-state index in [0.29, 0.717) is 11.3 Å². The molecule has 0 saturated heterocycles. The van der Waals surface area contributed by atoms with Crippen molar-refractivity contribution in [2.24, 2.45) is 0 Å². The molecule has 158 valence electrons. The Morgan fingerprint density at radius 1 is 0.871 bits per heavy atom. The molecule has 0 unspecified atom stereocenters. The van der Waals surface area contributed by atoms with Gasteiger partial charge in [-0.3, -0.25) is 14.4 Å². The van der Waals surface area contributed by atoms with Gasteiger partial charge in [0.25, 0.3) is 11.8 Å². The van der Waals surface area contributed by atoms with E-state index in [-0.39, 0.29) is 6.54 Å². The summed E-state index contributed by atoms with van der Waals surface area (Å²) in [5, 5.41) is 4.98. The molecule has 0 aromatic heterocycles. The van der Waals surface area contributed by atoms with Crippen molar-refractivity contribution in [3.8, 4) is 11.1 Å². The molecule has 0 spiro atoms. The maximum atomic E-state index is 12.9. The first-order valence-electron chi connectivity index (χ1n) is 9.62. The zero-order chi connectivity index (χ0) is 22.2. The summed E-state index contributed by atoms with van der Waals surface area (Å²) in [6.07, 6.45) is -1.08. The molecule has 0 bridgehead atoms. The number of benzene rings is 3. The van der Waals surface area contributed by atoms with Crippen LogP contribution >= 0.6 is 0 Å². The summed E-state index contributed by atoms with van der Waals surface area (Å²) in [6.45, 7) is 1.02. The molecule has 0 heterocycles. The largest absolute Gasteiger partial charge is 0.451 e. The van der Waals surface area contributed by atoms with Gasteiger partial charge < -0.3 is 15.4 Å². The summed E-state index contributed by atoms with van der Waals surface area (Å²) in [6, 6.07) is 21.9. The SMILES string of the molecule is C[C@@H](OC(=O)CNC(=O)c1ccc(-c2ccccc2)cc1)C(=O)Nc1ccc(F)cc1. The quantitative estimate of drug-likeness (QED) is 0.570. The van der Waals surface area contributed by atoms with Crippen molar-refractivity contribution < 1.29 is 23.5 Å². The highest BCUT2D eigenvalue weighted by molar-refractivity contribution is 5.97. The maximum Gasteiger partial charge on any atom is 0.326 e. The molecule has 0 fully saturated rings. The Bertz CT molecular complexity index is 1050. The standard InChI is InChI=1S/C24H21FN2O4/c1-16(23(29)27-21-13-11-20(25)12-14-21)31-22(28)15-26-24(30)19-9-7-18(8-10-19)17-5-3-2-4-6-17/h2-14,16H,15H2,1H3,(H,26,30)(H,27,29)/t16-/m1/s1. The van der Waals surface area contributed by atoms with Crippen LogP contribution < -0.4 is 10.6 Å². The predicted octanol–water partition coefficient (Wildman–Crippen LogP) is 3.79. The molecule has 3 rings (SSSR count). The number of halogens is 1. The number of esters is 1. The van der Waals surface area contributed by atoms with Crippen LogP contribution in [0.4, 0.5) is 10.1 Å². The molecule has 0 aliphatic rings. The minimum atomic E-state index is -1.08. The van der Waals surface area contributed by atoms with E-state index in [2.05, 4.69) is 10.6 Å². The van der Waals surface area contributed by atoms with E-state index in [4.69, 9.17) is 4.74 Å². The number of hydrogen-bond donors (Lipinski definition) is 2. The number of carbonyl (C=O) groups excluding carboxylic acids is 3. The van der Waals surface area contributed by atoms with E-state index in [9.17, 15) is 18.8 Å². The highest BCUT2D eigenvalue weighted by Crippen LogP contribution is 2.19. The third kappa shape index (κ3) is 6.24. The van der Waals surface area contributed by atoms with Gasteiger partial charge in [0.1, 0.15) is 12.4 Å². The number of amides is 2. The molecule has 3 aromatic carbocycles. The van der Waals surface area contributed by atoms with Crippen molar-refractivity contribution in [1.82, 2.24) is 5.32 Å². The van der Waals surface area contributed by atoms with E-state index in [0.717, 1.165) is 11.1 Å². The molecular formula is C24H21FN2O4. The van der Waals surface area contributed by atoms with Crippen molar-refractivity contribution in [3.63, 3.8) is 0 Å². The lowest BCUT2D eigenvalue weighted by atomic mass is 10.0. The fourth-order valence-electron chi connectivity index (χ4n) is 2.77. The van der Waals surface area contributed by atoms with E-state index in [1.807, 2.05) is 42.5 Å². The molecule has 0 saturated carbocycles. The molecule has 0 radical (unpaired) electrons. The second kappa shape index (κ2) is 10.2. The molecule has 2 N–H and O–H groups in total. The van der Waals surface area contributed by atoms with Crippen LogP contribution in [0.2, 0.25) is 0 Å². The van der Waals surface area contributed by atoms with Gasteiger partial charge in [-0.15, -0.1) is 0 Å². The number of anilines is 1. The zero-order valence-corrected chi connectivity index (χ0v) is 16.8. The van der Waals surface area contributed by atoms with Gasteiger partial charge in [-0.25, -0.2) is 4.39 Å². The Kier molecular flexibility index (Phi) is 7.11. The normalized spacial score (nSPS) is 11.3. The topological polar surface area (TPSA) is 84.5 Å². The molecular weight excluding hydrogens is 399 g/mol. The lowest BCUT2D eigenvalue weighted by Gasteiger charge is -2.14. The van der Waals surface area contributed by atoms with Crippen LogP contribution in [0.25, 0.3) is 11.1 Å². The zero-order valence-electron chi connectivity index (χ0n) is 16.8. The lowest BCUT2D eigenvalue weighted by Crippen LogP contribution is -2.35. The van der Waals surface area contributed by atoms with Crippen molar-refractivity contribution in [3.05, 3.63) is 90.2 Å².